The second kappa shape index (κ2) is 4.46. The summed E-state index contributed by atoms with van der Waals surface area (Å²) in [6.07, 6.45) is 1.44. The highest BCUT2D eigenvalue weighted by molar-refractivity contribution is 5.14. The lowest BCUT2D eigenvalue weighted by Gasteiger charge is -2.66. The zero-order chi connectivity index (χ0) is 13.1. The van der Waals surface area contributed by atoms with E-state index in [1.54, 1.807) is 0 Å². The van der Waals surface area contributed by atoms with Crippen LogP contribution in [0.5, 0.6) is 0 Å². The molecule has 4 aliphatic heterocycles. The van der Waals surface area contributed by atoms with E-state index < -0.39 is 0 Å². The second-order valence-corrected chi connectivity index (χ2v) is 8.23. The summed E-state index contributed by atoms with van der Waals surface area (Å²) in [5.74, 6) is 0. The van der Waals surface area contributed by atoms with Gasteiger partial charge in [0.1, 0.15) is 13.2 Å². The monoisotopic (exact) mass is 292 g/mol. The first-order chi connectivity index (χ1) is 8.99. The van der Waals surface area contributed by atoms with Crippen LogP contribution in [0.25, 0.3) is 0 Å². The van der Waals surface area contributed by atoms with E-state index in [0.717, 1.165) is 0 Å². The van der Waals surface area contributed by atoms with E-state index >= 15 is 0 Å². The molecule has 4 bridgehead atoms. The van der Waals surface area contributed by atoms with Crippen molar-refractivity contribution in [2.75, 3.05) is 32.8 Å². The molecule has 0 amide bonds. The van der Waals surface area contributed by atoms with Crippen LogP contribution in [0.1, 0.15) is 25.8 Å². The number of hydrogen-bond acceptors (Lipinski definition) is 1. The highest BCUT2D eigenvalue weighted by atomic mass is 35.5. The fourth-order valence-corrected chi connectivity index (χ4v) is 5.92. The molecule has 1 aromatic rings. The summed E-state index contributed by atoms with van der Waals surface area (Å²) in [4.78, 5) is 2.74. The Balaban J connectivity index is 0.00000121. The maximum absolute atomic E-state index is 2.74. The van der Waals surface area contributed by atoms with Crippen LogP contribution in [-0.4, -0.2) is 42.2 Å². The van der Waals surface area contributed by atoms with E-state index in [2.05, 4.69) is 49.1 Å². The summed E-state index contributed by atoms with van der Waals surface area (Å²) in [5.41, 5.74) is 2.62. The van der Waals surface area contributed by atoms with Crippen molar-refractivity contribution in [1.82, 2.24) is 4.90 Å². The van der Waals surface area contributed by atoms with Crippen LogP contribution in [0.15, 0.2) is 30.3 Å². The van der Waals surface area contributed by atoms with Gasteiger partial charge >= 0.3 is 0 Å². The molecule has 4 fully saturated rings. The Morgan fingerprint density at radius 3 is 2.20 bits per heavy atom. The molecule has 110 valence electrons. The lowest BCUT2D eigenvalue weighted by Crippen LogP contribution is -3.00. The normalized spacial score (nSPS) is 45.2. The molecule has 0 N–H and O–H groups in total. The Hall–Kier alpha value is -0.570. The predicted molar refractivity (Wildman–Crippen MR) is 77.4 cm³/mol. The molecular formula is C17H25ClN2. The summed E-state index contributed by atoms with van der Waals surface area (Å²) in [5, 5.41) is 0. The minimum absolute atomic E-state index is 0. The molecule has 2 unspecified atom stereocenters. The molecule has 20 heavy (non-hydrogen) atoms. The Labute approximate surface area is 128 Å². The third-order valence-corrected chi connectivity index (χ3v) is 5.36. The predicted octanol–water partition coefficient (Wildman–Crippen LogP) is -0.290. The maximum atomic E-state index is 2.74. The number of benzene rings is 1. The van der Waals surface area contributed by atoms with E-state index in [4.69, 9.17) is 0 Å². The number of rotatable bonds is 2. The summed E-state index contributed by atoms with van der Waals surface area (Å²) in [6.45, 7) is 13.0. The minimum atomic E-state index is 0. The first-order valence-corrected chi connectivity index (χ1v) is 7.60. The van der Waals surface area contributed by atoms with E-state index in [9.17, 15) is 0 Å². The molecule has 2 atom stereocenters. The van der Waals surface area contributed by atoms with Crippen molar-refractivity contribution in [1.29, 1.82) is 0 Å². The summed E-state index contributed by atoms with van der Waals surface area (Å²) >= 11 is 0. The smallest absolute Gasteiger partial charge is 0.135 e. The van der Waals surface area contributed by atoms with Gasteiger partial charge in [-0.2, -0.15) is 0 Å². The van der Waals surface area contributed by atoms with Gasteiger partial charge in [0.25, 0.3) is 0 Å². The molecule has 0 aliphatic carbocycles. The van der Waals surface area contributed by atoms with E-state index in [-0.39, 0.29) is 12.4 Å². The standard InChI is InChI=1S/C17H25N2.ClH/c1-16-9-17(2)11-18(10-16)14-19(12-16,13-17)8-15-6-4-3-5-7-15;/h3-7H,8-14H2,1-2H3;1H/q+1;/p-1. The Morgan fingerprint density at radius 1 is 1.05 bits per heavy atom. The highest BCUT2D eigenvalue weighted by Gasteiger charge is 2.60. The molecule has 2 nitrogen and oxygen atoms in total. The number of halogens is 1. The van der Waals surface area contributed by atoms with Crippen molar-refractivity contribution in [3.63, 3.8) is 0 Å². The number of nitrogens with zero attached hydrogens (tertiary/aromatic N) is 2. The van der Waals surface area contributed by atoms with Gasteiger partial charge < -0.3 is 16.9 Å². The molecule has 4 heterocycles. The Kier molecular flexibility index (Phi) is 3.20. The first kappa shape index (κ1) is 14.4. The molecule has 0 aromatic heterocycles. The number of hydrogen-bond donors (Lipinski definition) is 0. The van der Waals surface area contributed by atoms with Gasteiger partial charge in [0, 0.05) is 29.5 Å². The van der Waals surface area contributed by atoms with Crippen molar-refractivity contribution in [3.8, 4) is 0 Å². The zero-order valence-electron chi connectivity index (χ0n) is 12.6. The fourth-order valence-electron chi connectivity index (χ4n) is 5.92. The third kappa shape index (κ3) is 2.28. The van der Waals surface area contributed by atoms with Gasteiger partial charge in [-0.1, -0.05) is 44.2 Å². The summed E-state index contributed by atoms with van der Waals surface area (Å²) in [7, 11) is 0. The van der Waals surface area contributed by atoms with Crippen LogP contribution < -0.4 is 12.4 Å². The topological polar surface area (TPSA) is 3.24 Å². The number of quaternary nitrogens is 1. The van der Waals surface area contributed by atoms with Crippen LogP contribution in [-0.2, 0) is 6.54 Å². The zero-order valence-corrected chi connectivity index (χ0v) is 13.4. The van der Waals surface area contributed by atoms with Gasteiger partial charge in [0.15, 0.2) is 0 Å². The van der Waals surface area contributed by atoms with Gasteiger partial charge in [-0.05, 0) is 6.42 Å². The minimum Gasteiger partial charge on any atom is -1.00 e. The molecule has 0 radical (unpaired) electrons. The van der Waals surface area contributed by atoms with E-state index in [1.165, 1.54) is 55.9 Å². The number of piperidine rings is 2. The molecule has 4 saturated heterocycles. The molecule has 3 heteroatoms. The van der Waals surface area contributed by atoms with Crippen LogP contribution in [0.2, 0.25) is 0 Å². The van der Waals surface area contributed by atoms with Crippen molar-refractivity contribution in [3.05, 3.63) is 35.9 Å². The van der Waals surface area contributed by atoms with Crippen molar-refractivity contribution >= 4 is 0 Å². The first-order valence-electron chi connectivity index (χ1n) is 7.60. The van der Waals surface area contributed by atoms with Crippen LogP contribution >= 0.6 is 0 Å². The summed E-state index contributed by atoms with van der Waals surface area (Å²) in [6, 6.07) is 11.1. The van der Waals surface area contributed by atoms with Gasteiger partial charge in [0.2, 0.25) is 0 Å². The van der Waals surface area contributed by atoms with Crippen LogP contribution in [0.4, 0.5) is 0 Å². The van der Waals surface area contributed by atoms with E-state index in [0.29, 0.717) is 10.8 Å². The lowest BCUT2D eigenvalue weighted by molar-refractivity contribution is -0.981. The van der Waals surface area contributed by atoms with Gasteiger partial charge in [-0.25, -0.2) is 0 Å². The van der Waals surface area contributed by atoms with E-state index in [1.807, 2.05) is 0 Å². The Bertz CT molecular complexity index is 483. The van der Waals surface area contributed by atoms with Crippen molar-refractivity contribution in [2.24, 2.45) is 10.8 Å². The highest BCUT2D eigenvalue weighted by Crippen LogP contribution is 2.52. The SMILES string of the molecule is CC12CN3CC(C)(C1)C[N+](Cc1ccccc1)(C3)C2.[Cl-]. The van der Waals surface area contributed by atoms with Gasteiger partial charge in [-0.15, -0.1) is 0 Å². The molecule has 1 aromatic carbocycles. The molecule has 0 saturated carbocycles. The largest absolute Gasteiger partial charge is 1.00 e. The molecule has 0 spiro atoms. The average Bonchev–Trinajstić information content (AvgIpc) is 2.24. The van der Waals surface area contributed by atoms with Crippen molar-refractivity contribution in [2.45, 2.75) is 26.8 Å². The van der Waals surface area contributed by atoms with Crippen LogP contribution in [0.3, 0.4) is 0 Å². The van der Waals surface area contributed by atoms with Gasteiger partial charge in [-0.3, -0.25) is 4.90 Å². The molecular weight excluding hydrogens is 268 g/mol. The molecule has 5 rings (SSSR count). The summed E-state index contributed by atoms with van der Waals surface area (Å²) < 4.78 is 1.30. The maximum Gasteiger partial charge on any atom is 0.135 e. The Morgan fingerprint density at radius 2 is 1.65 bits per heavy atom. The quantitative estimate of drug-likeness (QED) is 0.677. The molecule has 4 aliphatic rings. The second-order valence-electron chi connectivity index (χ2n) is 8.23. The average molecular weight is 293 g/mol. The van der Waals surface area contributed by atoms with Crippen LogP contribution in [0, 0.1) is 10.8 Å². The lowest BCUT2D eigenvalue weighted by atomic mass is 9.63. The van der Waals surface area contributed by atoms with Crippen molar-refractivity contribution < 1.29 is 16.9 Å². The van der Waals surface area contributed by atoms with Gasteiger partial charge in [0.05, 0.1) is 13.1 Å². The third-order valence-electron chi connectivity index (χ3n) is 5.36. The fraction of sp³-hybridized carbons (Fsp3) is 0.647.